The molecular weight excluding hydrogens is 404 g/mol. The van der Waals surface area contributed by atoms with Gasteiger partial charge in [-0.1, -0.05) is 15.9 Å². The van der Waals surface area contributed by atoms with Crippen molar-refractivity contribution in [3.05, 3.63) is 29.8 Å². The fraction of sp³-hybridized carbons (Fsp3) is 0.250. The number of hydrogen-bond donors (Lipinski definition) is 2. The fourth-order valence-electron chi connectivity index (χ4n) is 2.00. The van der Waals surface area contributed by atoms with E-state index in [4.69, 9.17) is 9.15 Å². The molecule has 2 rings (SSSR count). The topological polar surface area (TPSA) is 88.8 Å². The molecule has 0 saturated carbocycles. The van der Waals surface area contributed by atoms with Gasteiger partial charge in [0.1, 0.15) is 11.6 Å². The van der Waals surface area contributed by atoms with Crippen LogP contribution in [0, 0.1) is 11.6 Å². The first-order valence-corrected chi connectivity index (χ1v) is 8.31. The summed E-state index contributed by atoms with van der Waals surface area (Å²) in [7, 11) is 0. The number of carbonyl (C=O) groups excluding carboxylic acids is 2. The van der Waals surface area contributed by atoms with Crippen molar-refractivity contribution in [1.82, 2.24) is 0 Å². The third kappa shape index (κ3) is 4.56. The van der Waals surface area contributed by atoms with Crippen LogP contribution in [0.25, 0.3) is 11.3 Å². The van der Waals surface area contributed by atoms with E-state index < -0.39 is 40.8 Å². The Kier molecular flexibility index (Phi) is 6.13. The average molecular weight is 418 g/mol. The van der Waals surface area contributed by atoms with Crippen molar-refractivity contribution in [3.63, 3.8) is 0 Å². The Morgan fingerprint density at radius 2 is 2.08 bits per heavy atom. The standard InChI is InChI=1S/C16H14BrF2NO5/c1-8(21)24-15-13(23)14(10-5-4-9(18)7-11(10)19)25-16(15)20-12(22)3-2-6-17/h4-5,7,23H,2-3,6H2,1H3,(H,20,22). The predicted octanol–water partition coefficient (Wildman–Crippen LogP) is 3.97. The molecule has 0 unspecified atom stereocenters. The zero-order valence-corrected chi connectivity index (χ0v) is 14.7. The van der Waals surface area contributed by atoms with E-state index in [9.17, 15) is 23.5 Å². The summed E-state index contributed by atoms with van der Waals surface area (Å²) in [6.07, 6.45) is 0.688. The van der Waals surface area contributed by atoms with Crippen molar-refractivity contribution in [3.8, 4) is 22.8 Å². The molecule has 0 spiro atoms. The van der Waals surface area contributed by atoms with Crippen LogP contribution in [0.4, 0.5) is 14.7 Å². The van der Waals surface area contributed by atoms with Crippen LogP contribution >= 0.6 is 15.9 Å². The minimum Gasteiger partial charge on any atom is -0.502 e. The summed E-state index contributed by atoms with van der Waals surface area (Å²) in [6.45, 7) is 1.08. The van der Waals surface area contributed by atoms with Crippen molar-refractivity contribution in [2.75, 3.05) is 10.6 Å². The lowest BCUT2D eigenvalue weighted by Gasteiger charge is -2.04. The number of nitrogens with one attached hydrogen (secondary N) is 1. The summed E-state index contributed by atoms with van der Waals surface area (Å²) in [5.74, 6) is -4.90. The van der Waals surface area contributed by atoms with Gasteiger partial charge < -0.3 is 14.3 Å². The number of alkyl halides is 1. The van der Waals surface area contributed by atoms with Crippen molar-refractivity contribution in [2.24, 2.45) is 0 Å². The van der Waals surface area contributed by atoms with Gasteiger partial charge in [0.25, 0.3) is 0 Å². The number of ether oxygens (including phenoxy) is 1. The lowest BCUT2D eigenvalue weighted by Crippen LogP contribution is -2.12. The van der Waals surface area contributed by atoms with Crippen LogP contribution in [0.2, 0.25) is 0 Å². The highest BCUT2D eigenvalue weighted by Crippen LogP contribution is 2.46. The third-order valence-electron chi connectivity index (χ3n) is 3.05. The van der Waals surface area contributed by atoms with Crippen LogP contribution in [-0.4, -0.2) is 22.3 Å². The SMILES string of the molecule is CC(=O)Oc1c(NC(=O)CCCBr)oc(-c2ccc(F)cc2F)c1O. The van der Waals surface area contributed by atoms with E-state index in [0.717, 1.165) is 19.1 Å². The highest BCUT2D eigenvalue weighted by molar-refractivity contribution is 9.09. The number of esters is 1. The van der Waals surface area contributed by atoms with Gasteiger partial charge in [0.15, 0.2) is 5.76 Å². The molecule has 1 aromatic heterocycles. The number of anilines is 1. The molecule has 0 fully saturated rings. The van der Waals surface area contributed by atoms with Gasteiger partial charge in [0.05, 0.1) is 5.56 Å². The molecule has 0 aliphatic rings. The van der Waals surface area contributed by atoms with Crippen molar-refractivity contribution < 1.29 is 32.6 Å². The zero-order valence-electron chi connectivity index (χ0n) is 13.1. The highest BCUT2D eigenvalue weighted by Gasteiger charge is 2.27. The minimum absolute atomic E-state index is 0.145. The van der Waals surface area contributed by atoms with Gasteiger partial charge in [-0.05, 0) is 18.6 Å². The smallest absolute Gasteiger partial charge is 0.308 e. The number of benzene rings is 1. The number of aromatic hydroxyl groups is 1. The van der Waals surface area contributed by atoms with Crippen LogP contribution < -0.4 is 10.1 Å². The fourth-order valence-corrected chi connectivity index (χ4v) is 2.28. The van der Waals surface area contributed by atoms with Gasteiger partial charge in [-0.3, -0.25) is 14.9 Å². The molecule has 0 radical (unpaired) electrons. The van der Waals surface area contributed by atoms with E-state index in [0.29, 0.717) is 17.8 Å². The number of amides is 1. The lowest BCUT2D eigenvalue weighted by molar-refractivity contribution is -0.132. The molecule has 0 bridgehead atoms. The van der Waals surface area contributed by atoms with Gasteiger partial charge >= 0.3 is 5.97 Å². The zero-order chi connectivity index (χ0) is 18.6. The highest BCUT2D eigenvalue weighted by atomic mass is 79.9. The Bertz CT molecular complexity index is 806. The van der Waals surface area contributed by atoms with Crippen LogP contribution in [0.5, 0.6) is 11.5 Å². The van der Waals surface area contributed by atoms with Gasteiger partial charge in [-0.15, -0.1) is 0 Å². The van der Waals surface area contributed by atoms with E-state index in [1.807, 2.05) is 0 Å². The molecule has 25 heavy (non-hydrogen) atoms. The maximum absolute atomic E-state index is 13.9. The Labute approximate surface area is 149 Å². The second kappa shape index (κ2) is 8.11. The summed E-state index contributed by atoms with van der Waals surface area (Å²) in [5, 5.41) is 13.2. The second-order valence-corrected chi connectivity index (χ2v) is 5.79. The number of furan rings is 1. The summed E-state index contributed by atoms with van der Waals surface area (Å²) in [5.41, 5.74) is -0.256. The van der Waals surface area contributed by atoms with E-state index in [1.54, 1.807) is 0 Å². The number of halogens is 3. The summed E-state index contributed by atoms with van der Waals surface area (Å²) < 4.78 is 37.1. The molecule has 0 aliphatic carbocycles. The summed E-state index contributed by atoms with van der Waals surface area (Å²) >= 11 is 3.19. The molecular formula is C16H14BrF2NO5. The summed E-state index contributed by atoms with van der Waals surface area (Å²) in [6, 6.07) is 2.63. The predicted molar refractivity (Wildman–Crippen MR) is 88.7 cm³/mol. The second-order valence-electron chi connectivity index (χ2n) is 5.00. The molecule has 2 aromatic rings. The van der Waals surface area contributed by atoms with E-state index in [2.05, 4.69) is 21.2 Å². The number of carbonyl (C=O) groups is 2. The maximum atomic E-state index is 13.9. The minimum atomic E-state index is -0.990. The molecule has 0 saturated heterocycles. The molecule has 6 nitrogen and oxygen atoms in total. The molecule has 9 heteroatoms. The van der Waals surface area contributed by atoms with E-state index in [-0.39, 0.29) is 17.9 Å². The summed E-state index contributed by atoms with van der Waals surface area (Å²) in [4.78, 5) is 23.1. The van der Waals surface area contributed by atoms with E-state index in [1.165, 1.54) is 0 Å². The average Bonchev–Trinajstić information content (AvgIpc) is 2.81. The van der Waals surface area contributed by atoms with Crippen LogP contribution in [-0.2, 0) is 9.59 Å². The van der Waals surface area contributed by atoms with E-state index >= 15 is 0 Å². The molecule has 0 atom stereocenters. The quantitative estimate of drug-likeness (QED) is 0.548. The molecule has 1 heterocycles. The molecule has 0 aliphatic heterocycles. The van der Waals surface area contributed by atoms with Crippen molar-refractivity contribution in [1.29, 1.82) is 0 Å². The monoisotopic (exact) mass is 417 g/mol. The van der Waals surface area contributed by atoms with Gasteiger partial charge in [-0.2, -0.15) is 0 Å². The lowest BCUT2D eigenvalue weighted by atomic mass is 10.1. The number of hydrogen-bond acceptors (Lipinski definition) is 5. The first-order valence-electron chi connectivity index (χ1n) is 7.19. The molecule has 1 amide bonds. The Morgan fingerprint density at radius 3 is 2.68 bits per heavy atom. The Hall–Kier alpha value is -2.42. The Balaban J connectivity index is 2.44. The molecule has 2 N–H and O–H groups in total. The first-order chi connectivity index (χ1) is 11.8. The van der Waals surface area contributed by atoms with Gasteiger partial charge in [0, 0.05) is 24.7 Å². The molecule has 134 valence electrons. The maximum Gasteiger partial charge on any atom is 0.308 e. The number of rotatable bonds is 6. The van der Waals surface area contributed by atoms with Gasteiger partial charge in [0.2, 0.25) is 23.3 Å². The van der Waals surface area contributed by atoms with Crippen molar-refractivity contribution in [2.45, 2.75) is 19.8 Å². The molecule has 1 aromatic carbocycles. The van der Waals surface area contributed by atoms with Crippen LogP contribution in [0.15, 0.2) is 22.6 Å². The normalized spacial score (nSPS) is 10.6. The first kappa shape index (κ1) is 18.9. The Morgan fingerprint density at radius 1 is 1.36 bits per heavy atom. The van der Waals surface area contributed by atoms with Crippen LogP contribution in [0.1, 0.15) is 19.8 Å². The third-order valence-corrected chi connectivity index (χ3v) is 3.61. The largest absolute Gasteiger partial charge is 0.502 e. The van der Waals surface area contributed by atoms with Crippen LogP contribution in [0.3, 0.4) is 0 Å². The van der Waals surface area contributed by atoms with Gasteiger partial charge in [-0.25, -0.2) is 8.78 Å². The van der Waals surface area contributed by atoms with Crippen molar-refractivity contribution >= 4 is 33.7 Å².